The standard InChI is InChI=1S/C9H13.C6H6O.2C4H9.2ClH.Ti/c1-6-5-7(2)9(4)8(6)3;7-6-4-2-1-3-5-6;2*1-4(2)3;;;/h6H,1-4H3;1-5,7H;2*1-3H3;2*1H;/q;;;;;;+1/p-1. The first kappa shape index (κ1) is 26.8. The zero-order valence-electron chi connectivity index (χ0n) is 18.7. The van der Waals surface area contributed by atoms with Crippen LogP contribution in [0.3, 0.4) is 0 Å². The second-order valence-corrected chi connectivity index (χ2v) is 17.6. The minimum Gasteiger partial charge on any atom is -0.147 e. The molecule has 0 radical (unpaired) electrons. The summed E-state index contributed by atoms with van der Waals surface area (Å²) in [6, 6.07) is 10.5. The van der Waals surface area contributed by atoms with Gasteiger partial charge in [0.15, 0.2) is 0 Å². The Morgan fingerprint density at radius 3 is 1.56 bits per heavy atom. The number of allylic oxidation sites excluding steroid dienone is 4. The Labute approximate surface area is 183 Å². The maximum atomic E-state index is 7.16. The normalized spacial score (nSPS) is 18.2. The first-order valence-corrected chi connectivity index (χ1v) is 12.5. The molecule has 1 aliphatic carbocycles. The summed E-state index contributed by atoms with van der Waals surface area (Å²) in [5.74, 6) is 1.52. The molecule has 0 saturated heterocycles. The molecule has 1 atom stereocenters. The molecule has 0 amide bonds. The summed E-state index contributed by atoms with van der Waals surface area (Å²) in [7, 11) is 0. The van der Waals surface area contributed by atoms with E-state index < -0.39 is 17.0 Å². The second-order valence-electron chi connectivity index (χ2n) is 9.66. The van der Waals surface area contributed by atoms with E-state index >= 15 is 0 Å². The van der Waals surface area contributed by atoms with E-state index in [2.05, 4.69) is 99.6 Å². The van der Waals surface area contributed by atoms with Gasteiger partial charge in [-0.1, -0.05) is 0 Å². The van der Waals surface area contributed by atoms with Gasteiger partial charge in [-0.3, -0.25) is 0 Å². The minimum absolute atomic E-state index is 0. The first-order chi connectivity index (χ1) is 11.3. The quantitative estimate of drug-likeness (QED) is 0.420. The van der Waals surface area contributed by atoms with Crippen molar-refractivity contribution in [3.8, 4) is 5.75 Å². The molecule has 0 aliphatic heterocycles. The average molecular weight is 449 g/mol. The van der Waals surface area contributed by atoms with Gasteiger partial charge in [-0.15, -0.1) is 24.8 Å². The summed E-state index contributed by atoms with van der Waals surface area (Å²) < 4.78 is 9.05. The molecule has 0 heterocycles. The van der Waals surface area contributed by atoms with Crippen molar-refractivity contribution >= 4 is 24.8 Å². The van der Waals surface area contributed by atoms with Gasteiger partial charge in [0.05, 0.1) is 0 Å². The number of halogens is 2. The molecular formula is C23H38Cl2OTi. The van der Waals surface area contributed by atoms with Crippen molar-refractivity contribution in [3.05, 3.63) is 50.9 Å². The Balaban J connectivity index is 0.00000338. The van der Waals surface area contributed by atoms with E-state index in [0.717, 1.165) is 5.75 Å². The Morgan fingerprint density at radius 1 is 0.778 bits per heavy atom. The largest absolute Gasteiger partial charge is 0.147 e. The van der Waals surface area contributed by atoms with E-state index in [-0.39, 0.29) is 32.3 Å². The number of rotatable bonds is 3. The summed E-state index contributed by atoms with van der Waals surface area (Å²) in [5, 5.41) is 0. The van der Waals surface area contributed by atoms with Gasteiger partial charge in [0.2, 0.25) is 0 Å². The van der Waals surface area contributed by atoms with Crippen molar-refractivity contribution in [1.82, 2.24) is 0 Å². The number of benzene rings is 1. The van der Waals surface area contributed by atoms with Crippen LogP contribution in [-0.2, 0) is 17.0 Å². The van der Waals surface area contributed by atoms with Gasteiger partial charge in [-0.25, -0.2) is 0 Å². The van der Waals surface area contributed by atoms with Crippen LogP contribution in [0.2, 0.25) is 7.44 Å². The van der Waals surface area contributed by atoms with Crippen molar-refractivity contribution in [2.75, 3.05) is 0 Å². The van der Waals surface area contributed by atoms with Crippen LogP contribution < -0.4 is 3.32 Å². The smallest absolute Gasteiger partial charge is 0.147 e. The average Bonchev–Trinajstić information content (AvgIpc) is 2.68. The van der Waals surface area contributed by atoms with E-state index in [1.807, 2.05) is 0 Å². The van der Waals surface area contributed by atoms with Gasteiger partial charge < -0.3 is 0 Å². The van der Waals surface area contributed by atoms with E-state index in [4.69, 9.17) is 3.32 Å². The van der Waals surface area contributed by atoms with Gasteiger partial charge in [-0.05, 0) is 0 Å². The van der Waals surface area contributed by atoms with Crippen LogP contribution in [0.15, 0.2) is 50.9 Å². The molecule has 2 rings (SSSR count). The van der Waals surface area contributed by atoms with Crippen LogP contribution >= 0.6 is 24.8 Å². The van der Waals surface area contributed by atoms with Crippen molar-refractivity contribution in [2.45, 2.75) is 76.7 Å². The van der Waals surface area contributed by atoms with Crippen molar-refractivity contribution in [1.29, 1.82) is 0 Å². The van der Waals surface area contributed by atoms with Crippen LogP contribution in [0.25, 0.3) is 0 Å². The fraction of sp³-hybridized carbons (Fsp3) is 0.565. The predicted octanol–water partition coefficient (Wildman–Crippen LogP) is 8.67. The Kier molecular flexibility index (Phi) is 9.01. The molecule has 0 aromatic heterocycles. The van der Waals surface area contributed by atoms with Gasteiger partial charge in [-0.2, -0.15) is 0 Å². The predicted molar refractivity (Wildman–Crippen MR) is 121 cm³/mol. The molecule has 1 aliphatic rings. The van der Waals surface area contributed by atoms with E-state index in [9.17, 15) is 0 Å². The molecule has 154 valence electrons. The maximum absolute atomic E-state index is 7.16. The summed E-state index contributed by atoms with van der Waals surface area (Å²) in [5.41, 5.74) is 4.49. The molecule has 4 heteroatoms. The second kappa shape index (κ2) is 9.08. The Morgan fingerprint density at radius 2 is 1.22 bits per heavy atom. The fourth-order valence-electron chi connectivity index (χ4n) is 4.89. The topological polar surface area (TPSA) is 9.23 Å². The summed E-state index contributed by atoms with van der Waals surface area (Å²) >= 11 is -3.07. The molecule has 1 aromatic rings. The van der Waals surface area contributed by atoms with E-state index in [1.165, 1.54) is 16.7 Å². The zero-order chi connectivity index (χ0) is 19.2. The molecule has 0 saturated carbocycles. The monoisotopic (exact) mass is 448 g/mol. The summed E-state index contributed by atoms with van der Waals surface area (Å²) in [4.78, 5) is 0. The fourth-order valence-corrected chi connectivity index (χ4v) is 15.2. The molecule has 0 fully saturated rings. The Bertz CT molecular complexity index is 692. The van der Waals surface area contributed by atoms with E-state index in [0.29, 0.717) is 5.92 Å². The van der Waals surface area contributed by atoms with Crippen molar-refractivity contribution in [3.63, 3.8) is 0 Å². The van der Waals surface area contributed by atoms with Crippen LogP contribution in [0.4, 0.5) is 0 Å². The molecular weight excluding hydrogens is 411 g/mol. The molecule has 1 unspecified atom stereocenters. The van der Waals surface area contributed by atoms with Crippen molar-refractivity contribution < 1.29 is 20.3 Å². The third-order valence-electron chi connectivity index (χ3n) is 6.15. The third-order valence-corrected chi connectivity index (χ3v) is 16.0. The first-order valence-electron chi connectivity index (χ1n) is 9.47. The van der Waals surface area contributed by atoms with E-state index in [1.54, 1.807) is 3.88 Å². The van der Waals surface area contributed by atoms with Crippen LogP contribution in [0, 0.1) is 5.92 Å². The SMILES string of the molecule is CC1=C(C)C(C)[C]([Ti]([O]c2ccccc2)([C](C)(C)C)[C](C)(C)C)=C1C.Cl.Cl. The summed E-state index contributed by atoms with van der Waals surface area (Å²) in [6.07, 6.45) is 0. The molecule has 1 aromatic carbocycles. The Hall–Kier alpha value is -0.206. The van der Waals surface area contributed by atoms with Crippen LogP contribution in [0.1, 0.15) is 69.2 Å². The van der Waals surface area contributed by atoms with Crippen LogP contribution in [-0.4, -0.2) is 0 Å². The third kappa shape index (κ3) is 4.53. The molecule has 27 heavy (non-hydrogen) atoms. The molecule has 1 nitrogen and oxygen atoms in total. The van der Waals surface area contributed by atoms with Crippen molar-refractivity contribution in [2.24, 2.45) is 5.92 Å². The molecule has 0 spiro atoms. The zero-order valence-corrected chi connectivity index (χ0v) is 21.9. The van der Waals surface area contributed by atoms with Gasteiger partial charge >= 0.3 is 160 Å². The molecule has 0 bridgehead atoms. The summed E-state index contributed by atoms with van der Waals surface area (Å²) in [6.45, 7) is 23.7. The van der Waals surface area contributed by atoms with Crippen LogP contribution in [0.5, 0.6) is 5.75 Å². The maximum Gasteiger partial charge on any atom is -0.147 e. The van der Waals surface area contributed by atoms with Gasteiger partial charge in [0.25, 0.3) is 0 Å². The molecule has 0 N–H and O–H groups in total. The minimum atomic E-state index is -3.07. The number of hydrogen-bond donors (Lipinski definition) is 0. The van der Waals surface area contributed by atoms with Gasteiger partial charge in [0, 0.05) is 0 Å². The number of hydrogen-bond acceptors (Lipinski definition) is 1. The number of para-hydroxylation sites is 1. The van der Waals surface area contributed by atoms with Gasteiger partial charge in [0.1, 0.15) is 0 Å².